The van der Waals surface area contributed by atoms with Gasteiger partial charge in [-0.3, -0.25) is 0 Å². The van der Waals surface area contributed by atoms with E-state index in [2.05, 4.69) is 36.2 Å². The number of nitrogen functional groups attached to an aromatic ring is 1. The molecule has 2 N–H and O–H groups in total. The van der Waals surface area contributed by atoms with Crippen molar-refractivity contribution < 1.29 is 4.42 Å². The first-order valence-corrected chi connectivity index (χ1v) is 9.73. The predicted octanol–water partition coefficient (Wildman–Crippen LogP) is 5.26. The highest BCUT2D eigenvalue weighted by molar-refractivity contribution is 9.10. The molecule has 2 aromatic carbocycles. The second kappa shape index (κ2) is 7.20. The molecule has 0 aliphatic rings. The molecule has 0 saturated carbocycles. The van der Waals surface area contributed by atoms with Crippen molar-refractivity contribution in [3.8, 4) is 11.3 Å². The standard InChI is InChI=1S/C21H13BrN6O2/c22-13-5-3-6-14(11-13)25-26-18-19(23)27-28-16(8-9-24-20(18)28)15-10-12-4-1-2-7-17(12)30-21(15)29/h1-11H,(H2,23,27). The third-order valence-corrected chi connectivity index (χ3v) is 5.00. The minimum absolute atomic E-state index is 0.152. The van der Waals surface area contributed by atoms with Crippen LogP contribution in [0.4, 0.5) is 17.2 Å². The van der Waals surface area contributed by atoms with Crippen LogP contribution in [0.1, 0.15) is 0 Å². The van der Waals surface area contributed by atoms with Gasteiger partial charge in [0.15, 0.2) is 17.2 Å². The lowest BCUT2D eigenvalue weighted by Gasteiger charge is -2.04. The fraction of sp³-hybridized carbons (Fsp3) is 0. The van der Waals surface area contributed by atoms with Crippen molar-refractivity contribution in [3.63, 3.8) is 0 Å². The molecule has 146 valence electrons. The van der Waals surface area contributed by atoms with E-state index >= 15 is 0 Å². The number of hydrogen-bond donors (Lipinski definition) is 1. The van der Waals surface area contributed by atoms with Gasteiger partial charge in [0.05, 0.1) is 16.9 Å². The van der Waals surface area contributed by atoms with Crippen molar-refractivity contribution in [2.24, 2.45) is 10.2 Å². The van der Waals surface area contributed by atoms with Gasteiger partial charge in [0.1, 0.15) is 5.58 Å². The lowest BCUT2D eigenvalue weighted by Crippen LogP contribution is -2.07. The Balaban J connectivity index is 1.67. The topological polar surface area (TPSA) is 111 Å². The van der Waals surface area contributed by atoms with Gasteiger partial charge in [-0.05, 0) is 36.4 Å². The van der Waals surface area contributed by atoms with Gasteiger partial charge in [0, 0.05) is 16.1 Å². The fourth-order valence-electron chi connectivity index (χ4n) is 3.14. The summed E-state index contributed by atoms with van der Waals surface area (Å²) in [5.74, 6) is 0.152. The molecule has 0 aliphatic heterocycles. The SMILES string of the molecule is Nc1nn2c(-c3cc4ccccc4oc3=O)ccnc2c1N=Nc1cccc(Br)c1. The second-order valence-corrected chi connectivity index (χ2v) is 7.38. The summed E-state index contributed by atoms with van der Waals surface area (Å²) in [6.07, 6.45) is 1.57. The molecule has 0 radical (unpaired) electrons. The van der Waals surface area contributed by atoms with Gasteiger partial charge in [-0.2, -0.15) is 5.11 Å². The molecule has 9 heteroatoms. The number of azo groups is 1. The summed E-state index contributed by atoms with van der Waals surface area (Å²) >= 11 is 3.40. The largest absolute Gasteiger partial charge is 0.422 e. The summed E-state index contributed by atoms with van der Waals surface area (Å²) in [6, 6.07) is 18.1. The number of nitrogens with two attached hydrogens (primary N) is 1. The fourth-order valence-corrected chi connectivity index (χ4v) is 3.52. The van der Waals surface area contributed by atoms with Crippen LogP contribution < -0.4 is 11.4 Å². The predicted molar refractivity (Wildman–Crippen MR) is 117 cm³/mol. The minimum atomic E-state index is -0.479. The van der Waals surface area contributed by atoms with Crippen LogP contribution in [-0.2, 0) is 0 Å². The molecule has 0 aliphatic carbocycles. The summed E-state index contributed by atoms with van der Waals surface area (Å²) < 4.78 is 7.82. The first-order valence-electron chi connectivity index (χ1n) is 8.94. The summed E-state index contributed by atoms with van der Waals surface area (Å²) in [7, 11) is 0. The average molecular weight is 461 g/mol. The van der Waals surface area contributed by atoms with Crippen LogP contribution in [0.5, 0.6) is 0 Å². The molecule has 30 heavy (non-hydrogen) atoms. The Kier molecular flexibility index (Phi) is 4.36. The summed E-state index contributed by atoms with van der Waals surface area (Å²) in [5, 5.41) is 13.6. The van der Waals surface area contributed by atoms with Crippen molar-refractivity contribution in [1.82, 2.24) is 14.6 Å². The molecule has 5 rings (SSSR count). The molecule has 0 atom stereocenters. The molecule has 0 spiro atoms. The number of aromatic nitrogens is 3. The highest BCUT2D eigenvalue weighted by atomic mass is 79.9. The van der Waals surface area contributed by atoms with Gasteiger partial charge in [-0.25, -0.2) is 14.3 Å². The van der Waals surface area contributed by atoms with Crippen LogP contribution in [0.15, 0.2) is 90.8 Å². The van der Waals surface area contributed by atoms with E-state index in [1.807, 2.05) is 42.5 Å². The Morgan fingerprint density at radius 1 is 1.03 bits per heavy atom. The van der Waals surface area contributed by atoms with Gasteiger partial charge in [0.2, 0.25) is 0 Å². The third-order valence-electron chi connectivity index (χ3n) is 4.51. The van der Waals surface area contributed by atoms with E-state index in [0.29, 0.717) is 33.9 Å². The second-order valence-electron chi connectivity index (χ2n) is 6.46. The Morgan fingerprint density at radius 2 is 1.90 bits per heavy atom. The number of halogens is 1. The molecule has 0 bridgehead atoms. The Morgan fingerprint density at radius 3 is 2.77 bits per heavy atom. The quantitative estimate of drug-likeness (QED) is 0.291. The molecule has 8 nitrogen and oxygen atoms in total. The monoisotopic (exact) mass is 460 g/mol. The van der Waals surface area contributed by atoms with Gasteiger partial charge in [-0.15, -0.1) is 10.2 Å². The Hall–Kier alpha value is -3.85. The maximum atomic E-state index is 12.6. The maximum Gasteiger partial charge on any atom is 0.345 e. The smallest absolute Gasteiger partial charge is 0.345 e. The van der Waals surface area contributed by atoms with Gasteiger partial charge < -0.3 is 10.2 Å². The van der Waals surface area contributed by atoms with Crippen LogP contribution in [0, 0.1) is 0 Å². The highest BCUT2D eigenvalue weighted by Gasteiger charge is 2.17. The van der Waals surface area contributed by atoms with Crippen molar-refractivity contribution >= 4 is 49.7 Å². The van der Waals surface area contributed by atoms with E-state index in [0.717, 1.165) is 9.86 Å². The highest BCUT2D eigenvalue weighted by Crippen LogP contribution is 2.31. The van der Waals surface area contributed by atoms with Gasteiger partial charge in [-0.1, -0.05) is 40.2 Å². The van der Waals surface area contributed by atoms with Crippen LogP contribution in [0.25, 0.3) is 27.9 Å². The lowest BCUT2D eigenvalue weighted by molar-refractivity contribution is 0.563. The molecular formula is C21H13BrN6O2. The molecular weight excluding hydrogens is 448 g/mol. The van der Waals surface area contributed by atoms with Crippen molar-refractivity contribution in [2.75, 3.05) is 5.73 Å². The number of benzene rings is 2. The van der Waals surface area contributed by atoms with Crippen LogP contribution in [0.3, 0.4) is 0 Å². The Bertz CT molecular complexity index is 1500. The summed E-state index contributed by atoms with van der Waals surface area (Å²) in [4.78, 5) is 16.9. The number of para-hydroxylation sites is 1. The van der Waals surface area contributed by atoms with E-state index < -0.39 is 5.63 Å². The molecule has 5 aromatic rings. The lowest BCUT2D eigenvalue weighted by atomic mass is 10.1. The van der Waals surface area contributed by atoms with Crippen molar-refractivity contribution in [2.45, 2.75) is 0 Å². The Labute approximate surface area is 177 Å². The number of fused-ring (bicyclic) bond motifs is 2. The maximum absolute atomic E-state index is 12.6. The summed E-state index contributed by atoms with van der Waals surface area (Å²) in [5.41, 5.74) is 8.32. The number of rotatable bonds is 3. The summed E-state index contributed by atoms with van der Waals surface area (Å²) in [6.45, 7) is 0. The van der Waals surface area contributed by atoms with Gasteiger partial charge in [0.25, 0.3) is 0 Å². The number of hydrogen-bond acceptors (Lipinski definition) is 7. The molecule has 3 aromatic heterocycles. The van der Waals surface area contributed by atoms with E-state index in [1.165, 1.54) is 4.52 Å². The zero-order valence-electron chi connectivity index (χ0n) is 15.4. The number of nitrogens with zero attached hydrogens (tertiary/aromatic N) is 5. The third kappa shape index (κ3) is 3.15. The zero-order chi connectivity index (χ0) is 20.7. The van der Waals surface area contributed by atoms with Crippen LogP contribution >= 0.6 is 15.9 Å². The molecule has 0 saturated heterocycles. The molecule has 3 heterocycles. The van der Waals surface area contributed by atoms with Crippen LogP contribution in [0.2, 0.25) is 0 Å². The van der Waals surface area contributed by atoms with Crippen molar-refractivity contribution in [3.05, 3.63) is 81.8 Å². The zero-order valence-corrected chi connectivity index (χ0v) is 16.9. The molecule has 0 unspecified atom stereocenters. The normalized spacial score (nSPS) is 11.6. The average Bonchev–Trinajstić information content (AvgIpc) is 3.07. The van der Waals surface area contributed by atoms with Gasteiger partial charge >= 0.3 is 5.63 Å². The van der Waals surface area contributed by atoms with E-state index in [4.69, 9.17) is 10.2 Å². The van der Waals surface area contributed by atoms with Crippen LogP contribution in [-0.4, -0.2) is 14.6 Å². The van der Waals surface area contributed by atoms with E-state index in [1.54, 1.807) is 24.4 Å². The van der Waals surface area contributed by atoms with E-state index in [9.17, 15) is 4.79 Å². The molecule has 0 fully saturated rings. The minimum Gasteiger partial charge on any atom is -0.422 e. The first kappa shape index (κ1) is 18.2. The molecule has 0 amide bonds. The van der Waals surface area contributed by atoms with Crippen molar-refractivity contribution in [1.29, 1.82) is 0 Å². The van der Waals surface area contributed by atoms with E-state index in [-0.39, 0.29) is 5.82 Å². The number of anilines is 1. The first-order chi connectivity index (χ1) is 14.6.